The number of methoxy groups -OCH3 is 1. The van der Waals surface area contributed by atoms with Gasteiger partial charge in [-0.2, -0.15) is 0 Å². The Morgan fingerprint density at radius 3 is 2.62 bits per heavy atom. The van der Waals surface area contributed by atoms with Gasteiger partial charge in [-0.1, -0.05) is 44.4 Å². The van der Waals surface area contributed by atoms with E-state index in [4.69, 9.17) is 13.9 Å². The lowest BCUT2D eigenvalue weighted by Gasteiger charge is -2.26. The van der Waals surface area contributed by atoms with Crippen molar-refractivity contribution in [1.29, 1.82) is 0 Å². The largest absolute Gasteiger partial charge is 0.493 e. The van der Waals surface area contributed by atoms with Crippen molar-refractivity contribution in [2.24, 2.45) is 0 Å². The first-order valence-corrected chi connectivity index (χ1v) is 13.5. The van der Waals surface area contributed by atoms with Gasteiger partial charge in [0.05, 0.1) is 30.7 Å². The second kappa shape index (κ2) is 11.3. The number of hydrogen-bond acceptors (Lipinski definition) is 6. The van der Waals surface area contributed by atoms with Crippen LogP contribution in [-0.4, -0.2) is 29.5 Å². The summed E-state index contributed by atoms with van der Waals surface area (Å²) in [6.45, 7) is 6.89. The molecule has 1 aliphatic heterocycles. The molecule has 7 nitrogen and oxygen atoms in total. The highest BCUT2D eigenvalue weighted by molar-refractivity contribution is 5.99. The number of ether oxygens (including phenoxy) is 2. The molecule has 2 aromatic heterocycles. The number of carbonyl (C=O) groups is 1. The molecule has 0 saturated carbocycles. The number of pyridine rings is 1. The lowest BCUT2D eigenvalue weighted by atomic mass is 9.97. The quantitative estimate of drug-likeness (QED) is 0.219. The summed E-state index contributed by atoms with van der Waals surface area (Å²) in [7, 11) is 1.59. The predicted octanol–water partition coefficient (Wildman–Crippen LogP) is 6.52. The summed E-state index contributed by atoms with van der Waals surface area (Å²) in [5, 5.41) is 0.478. The van der Waals surface area contributed by atoms with Crippen molar-refractivity contribution in [3.05, 3.63) is 98.7 Å². The van der Waals surface area contributed by atoms with Crippen LogP contribution in [0.5, 0.6) is 11.5 Å². The van der Waals surface area contributed by atoms with Crippen molar-refractivity contribution in [2.75, 3.05) is 13.7 Å². The number of rotatable bonds is 10. The summed E-state index contributed by atoms with van der Waals surface area (Å²) in [5.74, 6) is 0.955. The van der Waals surface area contributed by atoms with E-state index in [0.29, 0.717) is 34.6 Å². The molecule has 2 aromatic carbocycles. The average Bonchev–Trinajstić information content (AvgIpc) is 3.21. The first-order chi connectivity index (χ1) is 18.9. The second-order valence-electron chi connectivity index (χ2n) is 10.1. The van der Waals surface area contributed by atoms with E-state index >= 15 is 0 Å². The molecule has 1 atom stereocenters. The lowest BCUT2D eigenvalue weighted by molar-refractivity contribution is 0.0714. The Hall–Kier alpha value is -4.13. The predicted molar refractivity (Wildman–Crippen MR) is 151 cm³/mol. The van der Waals surface area contributed by atoms with Crippen LogP contribution in [0.1, 0.15) is 77.0 Å². The minimum Gasteiger partial charge on any atom is -0.493 e. The molecule has 4 aromatic rings. The normalized spacial score (nSPS) is 14.6. The summed E-state index contributed by atoms with van der Waals surface area (Å²) < 4.78 is 17.9. The molecular weight excluding hydrogens is 492 g/mol. The third-order valence-corrected chi connectivity index (χ3v) is 7.23. The molecule has 202 valence electrons. The zero-order valence-corrected chi connectivity index (χ0v) is 23.0. The number of hydrogen-bond donors (Lipinski definition) is 0. The van der Waals surface area contributed by atoms with Crippen molar-refractivity contribution < 1.29 is 18.7 Å². The first kappa shape index (κ1) is 26.5. The SMILES string of the molecule is CCCCCCOc1ccc(C2c3c(oc4c(C)cc(C)cc4c3=O)C(=O)N2Cc2cccnc2)cc1OC. The van der Waals surface area contributed by atoms with Crippen LogP contribution in [0, 0.1) is 13.8 Å². The highest BCUT2D eigenvalue weighted by Gasteiger charge is 2.43. The number of aromatic nitrogens is 1. The highest BCUT2D eigenvalue weighted by Crippen LogP contribution is 2.42. The minimum absolute atomic E-state index is 0.0866. The number of fused-ring (bicyclic) bond motifs is 2. The summed E-state index contributed by atoms with van der Waals surface area (Å²) in [5.41, 5.74) is 3.98. The van der Waals surface area contributed by atoms with Gasteiger partial charge >= 0.3 is 0 Å². The summed E-state index contributed by atoms with van der Waals surface area (Å²) in [4.78, 5) is 33.7. The Morgan fingerprint density at radius 2 is 1.87 bits per heavy atom. The molecule has 0 N–H and O–H groups in total. The average molecular weight is 527 g/mol. The van der Waals surface area contributed by atoms with Crippen molar-refractivity contribution in [1.82, 2.24) is 9.88 Å². The van der Waals surface area contributed by atoms with Crippen LogP contribution < -0.4 is 14.9 Å². The number of carbonyl (C=O) groups excluding carboxylic acids is 1. The van der Waals surface area contributed by atoms with Gasteiger partial charge in [-0.15, -0.1) is 0 Å². The minimum atomic E-state index is -0.651. The molecule has 1 amide bonds. The molecule has 5 rings (SSSR count). The molecule has 7 heteroatoms. The number of benzene rings is 2. The third kappa shape index (κ3) is 5.13. The van der Waals surface area contributed by atoms with E-state index < -0.39 is 6.04 Å². The molecule has 1 unspecified atom stereocenters. The molecule has 0 fully saturated rings. The molecule has 1 aliphatic rings. The Morgan fingerprint density at radius 1 is 1.03 bits per heavy atom. The van der Waals surface area contributed by atoms with Crippen molar-refractivity contribution in [3.8, 4) is 11.5 Å². The van der Waals surface area contributed by atoms with Crippen LogP contribution >= 0.6 is 0 Å². The molecular formula is C32H34N2O5. The van der Waals surface area contributed by atoms with Crippen LogP contribution in [0.25, 0.3) is 11.0 Å². The maximum absolute atomic E-state index is 14.0. The van der Waals surface area contributed by atoms with Gasteiger partial charge in [-0.25, -0.2) is 0 Å². The van der Waals surface area contributed by atoms with Crippen LogP contribution in [0.4, 0.5) is 0 Å². The fourth-order valence-corrected chi connectivity index (χ4v) is 5.36. The van der Waals surface area contributed by atoms with E-state index in [0.717, 1.165) is 41.5 Å². The van der Waals surface area contributed by atoms with Crippen LogP contribution in [0.15, 0.2) is 64.1 Å². The maximum Gasteiger partial charge on any atom is 0.291 e. The number of unbranched alkanes of at least 4 members (excludes halogenated alkanes) is 3. The fourth-order valence-electron chi connectivity index (χ4n) is 5.36. The van der Waals surface area contributed by atoms with Crippen molar-refractivity contribution in [2.45, 2.75) is 59.0 Å². The Bertz CT molecular complexity index is 1560. The monoisotopic (exact) mass is 526 g/mol. The molecule has 39 heavy (non-hydrogen) atoms. The molecule has 0 saturated heterocycles. The molecule has 3 heterocycles. The van der Waals surface area contributed by atoms with E-state index in [1.165, 1.54) is 6.42 Å². The van der Waals surface area contributed by atoms with Gasteiger partial charge in [-0.3, -0.25) is 14.6 Å². The number of amides is 1. The highest BCUT2D eigenvalue weighted by atomic mass is 16.5. The first-order valence-electron chi connectivity index (χ1n) is 13.5. The standard InChI is InChI=1S/C32H34N2O5/c1-5-6-7-8-14-38-25-12-11-23(17-26(25)37-4)28-27-29(35)24-16-20(2)15-21(3)30(24)39-31(27)32(36)34(28)19-22-10-9-13-33-18-22/h9-13,15-18,28H,5-8,14,19H2,1-4H3. The molecule has 0 aliphatic carbocycles. The van der Waals surface area contributed by atoms with Gasteiger partial charge in [0.1, 0.15) is 5.58 Å². The van der Waals surface area contributed by atoms with Gasteiger partial charge in [0.2, 0.25) is 5.76 Å². The lowest BCUT2D eigenvalue weighted by Crippen LogP contribution is -2.29. The van der Waals surface area contributed by atoms with Gasteiger partial charge in [-0.05, 0) is 66.8 Å². The number of nitrogens with zero attached hydrogens (tertiary/aromatic N) is 2. The summed E-state index contributed by atoms with van der Waals surface area (Å²) in [6.07, 6.45) is 7.84. The second-order valence-corrected chi connectivity index (χ2v) is 10.1. The van der Waals surface area contributed by atoms with E-state index in [9.17, 15) is 9.59 Å². The summed E-state index contributed by atoms with van der Waals surface area (Å²) >= 11 is 0. The smallest absolute Gasteiger partial charge is 0.291 e. The van der Waals surface area contributed by atoms with Gasteiger partial charge < -0.3 is 18.8 Å². The zero-order chi connectivity index (χ0) is 27.5. The maximum atomic E-state index is 14.0. The van der Waals surface area contributed by atoms with Crippen LogP contribution in [0.3, 0.4) is 0 Å². The van der Waals surface area contributed by atoms with E-state index in [1.807, 2.05) is 56.3 Å². The van der Waals surface area contributed by atoms with E-state index in [2.05, 4.69) is 11.9 Å². The molecule has 0 spiro atoms. The van der Waals surface area contributed by atoms with Gasteiger partial charge in [0, 0.05) is 18.9 Å². The van der Waals surface area contributed by atoms with Crippen LogP contribution in [-0.2, 0) is 6.54 Å². The zero-order valence-electron chi connectivity index (χ0n) is 23.0. The molecule has 0 bridgehead atoms. The van der Waals surface area contributed by atoms with Gasteiger partial charge in [0.15, 0.2) is 16.9 Å². The van der Waals surface area contributed by atoms with Crippen LogP contribution in [0.2, 0.25) is 0 Å². The number of aryl methyl sites for hydroxylation is 2. The fraction of sp³-hybridized carbons (Fsp3) is 0.344. The Labute approximate surface area is 228 Å². The van der Waals surface area contributed by atoms with E-state index in [-0.39, 0.29) is 23.6 Å². The summed E-state index contributed by atoms with van der Waals surface area (Å²) in [6, 6.07) is 12.5. The topological polar surface area (TPSA) is 81.9 Å². The molecule has 0 radical (unpaired) electrons. The Kier molecular flexibility index (Phi) is 7.68. The van der Waals surface area contributed by atoms with E-state index in [1.54, 1.807) is 24.4 Å². The van der Waals surface area contributed by atoms with Crippen molar-refractivity contribution >= 4 is 16.9 Å². The third-order valence-electron chi connectivity index (χ3n) is 7.23. The van der Waals surface area contributed by atoms with Gasteiger partial charge in [0.25, 0.3) is 5.91 Å². The van der Waals surface area contributed by atoms with Crippen molar-refractivity contribution in [3.63, 3.8) is 0 Å². The Balaban J connectivity index is 1.60.